The molecule has 4 nitrogen and oxygen atoms in total. The van der Waals surface area contributed by atoms with Crippen LogP contribution >= 0.6 is 0 Å². The van der Waals surface area contributed by atoms with Crippen molar-refractivity contribution in [2.75, 3.05) is 11.9 Å². The van der Waals surface area contributed by atoms with Crippen molar-refractivity contribution in [3.05, 3.63) is 29.6 Å². The molecule has 0 bridgehead atoms. The van der Waals surface area contributed by atoms with E-state index in [-0.39, 0.29) is 11.7 Å². The van der Waals surface area contributed by atoms with E-state index in [9.17, 15) is 13.2 Å². The number of rotatable bonds is 2. The number of aromatic nitrogens is 2. The van der Waals surface area contributed by atoms with Gasteiger partial charge in [0.2, 0.25) is 0 Å². The Morgan fingerprint density at radius 2 is 2.16 bits per heavy atom. The Kier molecular flexibility index (Phi) is 2.69. The second kappa shape index (κ2) is 4.25. The Morgan fingerprint density at radius 1 is 1.32 bits per heavy atom. The van der Waals surface area contributed by atoms with E-state index < -0.39 is 12.6 Å². The third-order valence-corrected chi connectivity index (χ3v) is 2.89. The fourth-order valence-electron chi connectivity index (χ4n) is 2.06. The first kappa shape index (κ1) is 12.0. The predicted molar refractivity (Wildman–Crippen MR) is 61.7 cm³/mol. The Hall–Kier alpha value is -2.05. The van der Waals surface area contributed by atoms with E-state index in [1.54, 1.807) is 6.07 Å². The summed E-state index contributed by atoms with van der Waals surface area (Å²) >= 11 is 0. The topological polar surface area (TPSA) is 51.0 Å². The number of nitrogens with one attached hydrogen (secondary N) is 1. The number of hydrogen-bond acceptors (Lipinski definition) is 4. The van der Waals surface area contributed by atoms with Crippen LogP contribution in [0.25, 0.3) is 11.5 Å². The highest BCUT2D eigenvalue weighted by atomic mass is 19.4. The summed E-state index contributed by atoms with van der Waals surface area (Å²) in [6, 6.07) is 5.48. The number of alkyl halides is 3. The lowest BCUT2D eigenvalue weighted by Gasteiger charge is -2.01. The third-order valence-electron chi connectivity index (χ3n) is 2.89. The lowest BCUT2D eigenvalue weighted by Crippen LogP contribution is -2.12. The molecule has 0 amide bonds. The van der Waals surface area contributed by atoms with Gasteiger partial charge < -0.3 is 9.84 Å². The maximum Gasteiger partial charge on any atom is 0.396 e. The van der Waals surface area contributed by atoms with Gasteiger partial charge in [0.05, 0.1) is 0 Å². The summed E-state index contributed by atoms with van der Waals surface area (Å²) in [6.45, 7) is 0.863. The van der Waals surface area contributed by atoms with Crippen LogP contribution in [0.2, 0.25) is 0 Å². The van der Waals surface area contributed by atoms with Crippen molar-refractivity contribution in [3.63, 3.8) is 0 Å². The SMILES string of the molecule is FC(F)(F)Cc1noc(-c2ccc3c(c2)CCN3)n1. The first-order valence-corrected chi connectivity index (χ1v) is 5.78. The zero-order valence-corrected chi connectivity index (χ0v) is 9.79. The van der Waals surface area contributed by atoms with Gasteiger partial charge in [0.25, 0.3) is 5.89 Å². The first-order chi connectivity index (χ1) is 9.01. The van der Waals surface area contributed by atoms with Gasteiger partial charge in [0, 0.05) is 17.8 Å². The predicted octanol–water partition coefficient (Wildman–Crippen LogP) is 2.81. The summed E-state index contributed by atoms with van der Waals surface area (Å²) < 4.78 is 41.5. The molecule has 19 heavy (non-hydrogen) atoms. The van der Waals surface area contributed by atoms with Gasteiger partial charge in [-0.1, -0.05) is 5.16 Å². The number of hydrogen-bond donors (Lipinski definition) is 1. The zero-order valence-electron chi connectivity index (χ0n) is 9.79. The third kappa shape index (κ3) is 2.54. The van der Waals surface area contributed by atoms with Crippen molar-refractivity contribution < 1.29 is 17.7 Å². The lowest BCUT2D eigenvalue weighted by atomic mass is 10.1. The maximum absolute atomic E-state index is 12.2. The average Bonchev–Trinajstić information content (AvgIpc) is 2.93. The Morgan fingerprint density at radius 3 is 2.95 bits per heavy atom. The minimum Gasteiger partial charge on any atom is -0.384 e. The number of halogens is 3. The van der Waals surface area contributed by atoms with Crippen LogP contribution in [0.1, 0.15) is 11.4 Å². The molecule has 0 fully saturated rings. The Labute approximate surface area is 106 Å². The van der Waals surface area contributed by atoms with Crippen molar-refractivity contribution in [1.29, 1.82) is 0 Å². The molecule has 2 heterocycles. The van der Waals surface area contributed by atoms with Crippen LogP contribution in [0.15, 0.2) is 22.7 Å². The second-order valence-corrected chi connectivity index (χ2v) is 4.36. The molecule has 0 saturated heterocycles. The molecular formula is C12H10F3N3O. The van der Waals surface area contributed by atoms with Crippen LogP contribution < -0.4 is 5.32 Å². The van der Waals surface area contributed by atoms with Crippen molar-refractivity contribution in [2.45, 2.75) is 19.0 Å². The molecule has 7 heteroatoms. The summed E-state index contributed by atoms with van der Waals surface area (Å²) in [5, 5.41) is 6.55. The molecule has 1 aliphatic heterocycles. The van der Waals surface area contributed by atoms with Crippen LogP contribution in [0.5, 0.6) is 0 Å². The summed E-state index contributed by atoms with van der Waals surface area (Å²) in [5.74, 6) is -0.227. The van der Waals surface area contributed by atoms with Crippen LogP contribution in [0.3, 0.4) is 0 Å². The molecule has 0 saturated carbocycles. The number of benzene rings is 1. The van der Waals surface area contributed by atoms with Gasteiger partial charge in [-0.15, -0.1) is 0 Å². The first-order valence-electron chi connectivity index (χ1n) is 5.78. The highest BCUT2D eigenvalue weighted by Crippen LogP contribution is 2.28. The fourth-order valence-corrected chi connectivity index (χ4v) is 2.06. The summed E-state index contributed by atoms with van der Waals surface area (Å²) in [4.78, 5) is 3.77. The standard InChI is InChI=1S/C12H10F3N3O/c13-12(14,15)6-10-17-11(19-18-10)8-1-2-9-7(5-8)3-4-16-9/h1-2,5,16H,3-4,6H2. The van der Waals surface area contributed by atoms with Crippen molar-refractivity contribution in [2.24, 2.45) is 0 Å². The molecule has 0 atom stereocenters. The monoisotopic (exact) mass is 269 g/mol. The van der Waals surface area contributed by atoms with Gasteiger partial charge in [0.15, 0.2) is 5.82 Å². The molecule has 1 aromatic heterocycles. The van der Waals surface area contributed by atoms with E-state index in [1.165, 1.54) is 0 Å². The minimum absolute atomic E-state index is 0.119. The van der Waals surface area contributed by atoms with E-state index in [4.69, 9.17) is 4.52 Å². The molecule has 1 N–H and O–H groups in total. The van der Waals surface area contributed by atoms with Gasteiger partial charge in [-0.3, -0.25) is 0 Å². The summed E-state index contributed by atoms with van der Waals surface area (Å²) in [7, 11) is 0. The number of fused-ring (bicyclic) bond motifs is 1. The van der Waals surface area contributed by atoms with Crippen molar-refractivity contribution in [3.8, 4) is 11.5 Å². The maximum atomic E-state index is 12.2. The van der Waals surface area contributed by atoms with Gasteiger partial charge in [-0.25, -0.2) is 0 Å². The molecular weight excluding hydrogens is 259 g/mol. The highest BCUT2D eigenvalue weighted by Gasteiger charge is 2.30. The fraction of sp³-hybridized carbons (Fsp3) is 0.333. The van der Waals surface area contributed by atoms with Crippen LogP contribution in [0.4, 0.5) is 18.9 Å². The Balaban J connectivity index is 1.86. The van der Waals surface area contributed by atoms with Crippen molar-refractivity contribution in [1.82, 2.24) is 10.1 Å². The lowest BCUT2D eigenvalue weighted by molar-refractivity contribution is -0.128. The van der Waals surface area contributed by atoms with Gasteiger partial charge in [-0.05, 0) is 30.2 Å². The summed E-state index contributed by atoms with van der Waals surface area (Å²) in [6.07, 6.45) is -4.63. The highest BCUT2D eigenvalue weighted by molar-refractivity contribution is 5.64. The normalized spacial score (nSPS) is 14.3. The summed E-state index contributed by atoms with van der Waals surface area (Å²) in [5.41, 5.74) is 2.79. The number of anilines is 1. The van der Waals surface area contributed by atoms with Gasteiger partial charge in [-0.2, -0.15) is 18.2 Å². The molecule has 0 aliphatic carbocycles. The van der Waals surface area contributed by atoms with E-state index in [0.717, 1.165) is 24.2 Å². The van der Waals surface area contributed by atoms with Gasteiger partial charge in [0.1, 0.15) is 6.42 Å². The molecule has 2 aromatic rings. The number of nitrogens with zero attached hydrogens (tertiary/aromatic N) is 2. The molecule has 0 unspecified atom stereocenters. The van der Waals surface area contributed by atoms with E-state index in [1.807, 2.05) is 12.1 Å². The minimum atomic E-state index is -4.33. The molecule has 0 spiro atoms. The largest absolute Gasteiger partial charge is 0.396 e. The second-order valence-electron chi connectivity index (χ2n) is 4.36. The smallest absolute Gasteiger partial charge is 0.384 e. The molecule has 1 aromatic carbocycles. The van der Waals surface area contributed by atoms with Crippen LogP contribution in [-0.4, -0.2) is 22.9 Å². The van der Waals surface area contributed by atoms with Crippen LogP contribution in [-0.2, 0) is 12.8 Å². The van der Waals surface area contributed by atoms with E-state index in [2.05, 4.69) is 15.5 Å². The quantitative estimate of drug-likeness (QED) is 0.910. The Bertz CT molecular complexity index is 607. The van der Waals surface area contributed by atoms with E-state index in [0.29, 0.717) is 5.56 Å². The van der Waals surface area contributed by atoms with Gasteiger partial charge >= 0.3 is 6.18 Å². The average molecular weight is 269 g/mol. The zero-order chi connectivity index (χ0) is 13.5. The molecule has 1 aliphatic rings. The molecule has 3 rings (SSSR count). The van der Waals surface area contributed by atoms with E-state index >= 15 is 0 Å². The van der Waals surface area contributed by atoms with Crippen LogP contribution in [0, 0.1) is 0 Å². The molecule has 100 valence electrons. The van der Waals surface area contributed by atoms with Crippen molar-refractivity contribution >= 4 is 5.69 Å². The molecule has 0 radical (unpaired) electrons.